The van der Waals surface area contributed by atoms with Gasteiger partial charge in [0.05, 0.1) is 22.5 Å². The Labute approximate surface area is 207 Å². The Hall–Kier alpha value is -3.33. The van der Waals surface area contributed by atoms with Crippen molar-refractivity contribution in [3.05, 3.63) is 58.8 Å². The first kappa shape index (κ1) is 24.8. The predicted octanol–water partition coefficient (Wildman–Crippen LogP) is 4.82. The van der Waals surface area contributed by atoms with E-state index in [0.29, 0.717) is 54.6 Å². The van der Waals surface area contributed by atoms with Crippen LogP contribution >= 0.6 is 11.6 Å². The van der Waals surface area contributed by atoms with Crippen molar-refractivity contribution in [1.82, 2.24) is 19.9 Å². The lowest BCUT2D eigenvalue weighted by Gasteiger charge is -2.28. The molecule has 2 amide bonds. The highest BCUT2D eigenvalue weighted by Crippen LogP contribution is 2.28. The number of hydrogen-bond donors (Lipinski definition) is 2. The summed E-state index contributed by atoms with van der Waals surface area (Å²) in [6, 6.07) is 3.76. The number of carbonyl (C=O) groups is 3. The summed E-state index contributed by atoms with van der Waals surface area (Å²) in [5.41, 5.74) is 1.57. The van der Waals surface area contributed by atoms with Crippen LogP contribution in [0, 0.1) is 11.7 Å². The van der Waals surface area contributed by atoms with E-state index in [1.807, 2.05) is 6.92 Å². The maximum absolute atomic E-state index is 13.2. The van der Waals surface area contributed by atoms with Gasteiger partial charge in [0, 0.05) is 30.8 Å². The number of unbranched alkanes of at least 4 members (excludes halogenated alkanes) is 1. The van der Waals surface area contributed by atoms with Crippen LogP contribution in [0.25, 0.3) is 5.65 Å². The number of carbonyl (C=O) groups excluding carboxylic acids is 3. The summed E-state index contributed by atoms with van der Waals surface area (Å²) in [6.45, 7) is 2.03. The quantitative estimate of drug-likeness (QED) is 0.432. The van der Waals surface area contributed by atoms with Gasteiger partial charge in [-0.25, -0.2) is 13.9 Å². The fourth-order valence-electron chi connectivity index (χ4n) is 4.25. The third kappa shape index (κ3) is 5.85. The lowest BCUT2D eigenvalue weighted by molar-refractivity contribution is -0.120. The molecule has 4 rings (SSSR count). The molecular formula is C25H27ClFN5O3. The smallest absolute Gasteiger partial charge is 0.256 e. The molecule has 1 saturated carbocycles. The van der Waals surface area contributed by atoms with Crippen LogP contribution in [0.1, 0.15) is 72.6 Å². The zero-order valence-corrected chi connectivity index (χ0v) is 20.1. The molecule has 0 atom stereocenters. The largest absolute Gasteiger partial charge is 0.349 e. The maximum Gasteiger partial charge on any atom is 0.256 e. The first-order valence-corrected chi connectivity index (χ1v) is 12.2. The van der Waals surface area contributed by atoms with Crippen LogP contribution < -0.4 is 10.6 Å². The van der Waals surface area contributed by atoms with Crippen LogP contribution in [0.4, 0.5) is 10.1 Å². The third-order valence-electron chi connectivity index (χ3n) is 6.30. The Morgan fingerprint density at radius 3 is 2.66 bits per heavy atom. The van der Waals surface area contributed by atoms with Gasteiger partial charge in [0.25, 0.3) is 5.91 Å². The van der Waals surface area contributed by atoms with Gasteiger partial charge < -0.3 is 10.6 Å². The molecule has 2 aromatic heterocycles. The second kappa shape index (κ2) is 10.9. The van der Waals surface area contributed by atoms with Crippen molar-refractivity contribution >= 4 is 40.5 Å². The van der Waals surface area contributed by atoms with Gasteiger partial charge in [0.15, 0.2) is 11.4 Å². The molecule has 184 valence electrons. The number of benzene rings is 1. The monoisotopic (exact) mass is 499 g/mol. The van der Waals surface area contributed by atoms with Crippen LogP contribution in [0.2, 0.25) is 5.02 Å². The Morgan fingerprint density at radius 1 is 1.17 bits per heavy atom. The molecule has 8 nitrogen and oxygen atoms in total. The molecular weight excluding hydrogens is 473 g/mol. The fraction of sp³-hybridized carbons (Fsp3) is 0.400. The van der Waals surface area contributed by atoms with E-state index in [9.17, 15) is 18.8 Å². The molecule has 1 fully saturated rings. The normalized spacial score (nSPS) is 17.8. The molecule has 10 heteroatoms. The van der Waals surface area contributed by atoms with E-state index in [-0.39, 0.29) is 34.6 Å². The van der Waals surface area contributed by atoms with E-state index < -0.39 is 5.82 Å². The van der Waals surface area contributed by atoms with E-state index in [1.54, 1.807) is 6.20 Å². The molecule has 0 saturated heterocycles. The average Bonchev–Trinajstić information content (AvgIpc) is 3.28. The molecule has 1 aromatic carbocycles. The Bertz CT molecular complexity index is 1250. The summed E-state index contributed by atoms with van der Waals surface area (Å²) in [6.07, 6.45) is 9.23. The minimum atomic E-state index is -0.466. The highest BCUT2D eigenvalue weighted by atomic mass is 35.5. The molecule has 2 heterocycles. The molecule has 0 unspecified atom stereocenters. The molecule has 0 aliphatic heterocycles. The van der Waals surface area contributed by atoms with Gasteiger partial charge in [-0.1, -0.05) is 24.9 Å². The van der Waals surface area contributed by atoms with Gasteiger partial charge in [-0.05, 0) is 50.3 Å². The van der Waals surface area contributed by atoms with Crippen molar-refractivity contribution in [3.63, 3.8) is 0 Å². The maximum atomic E-state index is 13.2. The molecule has 3 aromatic rings. The Morgan fingerprint density at radius 2 is 1.94 bits per heavy atom. The first-order chi connectivity index (χ1) is 16.9. The number of nitrogens with one attached hydrogen (secondary N) is 2. The third-order valence-corrected chi connectivity index (χ3v) is 6.62. The van der Waals surface area contributed by atoms with Gasteiger partial charge in [-0.2, -0.15) is 5.10 Å². The van der Waals surface area contributed by atoms with Crippen LogP contribution in [-0.2, 0) is 4.79 Å². The van der Waals surface area contributed by atoms with Crippen molar-refractivity contribution in [2.75, 3.05) is 5.32 Å². The zero-order valence-electron chi connectivity index (χ0n) is 19.4. The van der Waals surface area contributed by atoms with E-state index in [0.717, 1.165) is 18.9 Å². The number of fused-ring (bicyclic) bond motifs is 1. The number of hydrogen-bond acceptors (Lipinski definition) is 5. The lowest BCUT2D eigenvalue weighted by atomic mass is 9.85. The second-order valence-electron chi connectivity index (χ2n) is 8.83. The SMILES string of the molecule is CCCCC(=O)c1cnc2c(C(=O)NC3CCC(C(=O)Nc4ccc(F)cc4Cl)CC3)cnn2c1. The summed E-state index contributed by atoms with van der Waals surface area (Å²) in [4.78, 5) is 42.0. The van der Waals surface area contributed by atoms with Gasteiger partial charge in [0.2, 0.25) is 5.91 Å². The van der Waals surface area contributed by atoms with Crippen molar-refractivity contribution in [2.45, 2.75) is 57.9 Å². The van der Waals surface area contributed by atoms with Crippen molar-refractivity contribution in [1.29, 1.82) is 0 Å². The van der Waals surface area contributed by atoms with Gasteiger partial charge in [-0.3, -0.25) is 14.4 Å². The Kier molecular flexibility index (Phi) is 7.75. The van der Waals surface area contributed by atoms with E-state index in [4.69, 9.17) is 11.6 Å². The molecule has 1 aliphatic carbocycles. The molecule has 0 spiro atoms. The van der Waals surface area contributed by atoms with Crippen LogP contribution in [0.15, 0.2) is 36.8 Å². The standard InChI is InChI=1S/C25H27ClFN5O3/c1-2-3-4-22(33)16-12-28-23-19(13-29-32(23)14-16)25(35)30-18-8-5-15(6-9-18)24(34)31-21-10-7-17(27)11-20(21)26/h7,10-15,18H,2-6,8-9H2,1H3,(H,30,35)(H,31,34). The van der Waals surface area contributed by atoms with Gasteiger partial charge >= 0.3 is 0 Å². The number of ketones is 1. The topological polar surface area (TPSA) is 105 Å². The first-order valence-electron chi connectivity index (χ1n) is 11.8. The van der Waals surface area contributed by atoms with Crippen molar-refractivity contribution < 1.29 is 18.8 Å². The number of anilines is 1. The van der Waals surface area contributed by atoms with Crippen molar-refractivity contribution in [3.8, 4) is 0 Å². The summed E-state index contributed by atoms with van der Waals surface area (Å²) < 4.78 is 14.7. The number of nitrogens with zero attached hydrogens (tertiary/aromatic N) is 3. The molecule has 1 aliphatic rings. The highest BCUT2D eigenvalue weighted by molar-refractivity contribution is 6.33. The van der Waals surface area contributed by atoms with E-state index in [2.05, 4.69) is 20.7 Å². The van der Waals surface area contributed by atoms with E-state index >= 15 is 0 Å². The lowest BCUT2D eigenvalue weighted by Crippen LogP contribution is -2.39. The minimum absolute atomic E-state index is 0.00486. The van der Waals surface area contributed by atoms with Crippen molar-refractivity contribution in [2.24, 2.45) is 5.92 Å². The molecule has 35 heavy (non-hydrogen) atoms. The molecule has 0 bridgehead atoms. The predicted molar refractivity (Wildman–Crippen MR) is 130 cm³/mol. The second-order valence-corrected chi connectivity index (χ2v) is 9.24. The zero-order chi connectivity index (χ0) is 24.9. The summed E-state index contributed by atoms with van der Waals surface area (Å²) in [5, 5.41) is 10.1. The highest BCUT2D eigenvalue weighted by Gasteiger charge is 2.28. The minimum Gasteiger partial charge on any atom is -0.349 e. The Balaban J connectivity index is 1.32. The summed E-state index contributed by atoms with van der Waals surface area (Å²) in [5.74, 6) is -1.13. The average molecular weight is 500 g/mol. The number of halogens is 2. The number of aromatic nitrogens is 3. The number of amides is 2. The van der Waals surface area contributed by atoms with Gasteiger partial charge in [-0.15, -0.1) is 0 Å². The van der Waals surface area contributed by atoms with Gasteiger partial charge in [0.1, 0.15) is 11.4 Å². The summed E-state index contributed by atoms with van der Waals surface area (Å²) >= 11 is 6.00. The van der Waals surface area contributed by atoms with Crippen LogP contribution in [-0.4, -0.2) is 38.2 Å². The molecule has 2 N–H and O–H groups in total. The van der Waals surface area contributed by atoms with E-state index in [1.165, 1.54) is 29.0 Å². The fourth-order valence-corrected chi connectivity index (χ4v) is 4.46. The number of Topliss-reactive ketones (excluding diaryl/α,β-unsaturated/α-hetero) is 1. The number of rotatable bonds is 8. The van der Waals surface area contributed by atoms with Crippen LogP contribution in [0.5, 0.6) is 0 Å². The van der Waals surface area contributed by atoms with Crippen LogP contribution in [0.3, 0.4) is 0 Å². The molecule has 0 radical (unpaired) electrons. The summed E-state index contributed by atoms with van der Waals surface area (Å²) in [7, 11) is 0.